The van der Waals surface area contributed by atoms with E-state index in [0.29, 0.717) is 11.3 Å². The minimum absolute atomic E-state index is 0.0381. The molecule has 7 nitrogen and oxygen atoms in total. The molecular formula is C27H22N4O3. The number of para-hydroxylation sites is 3. The number of hydrazine groups is 1. The molecule has 0 spiro atoms. The van der Waals surface area contributed by atoms with E-state index in [9.17, 15) is 14.4 Å². The number of hydrogen-bond donors (Lipinski definition) is 2. The van der Waals surface area contributed by atoms with Gasteiger partial charge < -0.3 is 9.88 Å². The molecule has 0 radical (unpaired) electrons. The number of aryl methyl sites for hydroxylation is 1. The van der Waals surface area contributed by atoms with Crippen molar-refractivity contribution in [2.45, 2.75) is 13.5 Å². The highest BCUT2D eigenvalue weighted by Gasteiger charge is 2.34. The van der Waals surface area contributed by atoms with Crippen LogP contribution >= 0.6 is 0 Å². The molecule has 1 saturated heterocycles. The lowest BCUT2D eigenvalue weighted by molar-refractivity contribution is -0.118. The second kappa shape index (κ2) is 8.71. The van der Waals surface area contributed by atoms with Crippen LogP contribution in [0.2, 0.25) is 0 Å². The smallest absolute Gasteiger partial charge is 0.282 e. The molecule has 0 atom stereocenters. The van der Waals surface area contributed by atoms with Crippen LogP contribution in [0.25, 0.3) is 17.0 Å². The van der Waals surface area contributed by atoms with Crippen molar-refractivity contribution in [1.82, 2.24) is 9.99 Å². The summed E-state index contributed by atoms with van der Waals surface area (Å²) >= 11 is 0. The van der Waals surface area contributed by atoms with Gasteiger partial charge in [0, 0.05) is 28.4 Å². The van der Waals surface area contributed by atoms with Crippen molar-refractivity contribution < 1.29 is 14.4 Å². The minimum Gasteiger partial charge on any atom is -0.337 e. The molecule has 0 saturated carbocycles. The minimum atomic E-state index is -0.469. The van der Waals surface area contributed by atoms with Gasteiger partial charge in [0.25, 0.3) is 11.8 Å². The molecule has 2 heterocycles. The lowest BCUT2D eigenvalue weighted by atomic mass is 10.1. The standard InChI is InChI=1S/C27H22N4O3/c1-18-9-5-7-13-23(18)28-25(32)17-30-16-19(21-12-6-8-14-24(21)30)15-22-26(33)29-31(27(22)34)20-10-3-2-4-11-20/h2-16H,17H2,1H3,(H,28,32)(H,29,33)/b22-15-. The highest BCUT2D eigenvalue weighted by atomic mass is 16.2. The average Bonchev–Trinajstić information content (AvgIpc) is 3.33. The van der Waals surface area contributed by atoms with E-state index >= 15 is 0 Å². The number of nitrogens with zero attached hydrogens (tertiary/aromatic N) is 2. The first-order valence-electron chi connectivity index (χ1n) is 10.9. The predicted octanol–water partition coefficient (Wildman–Crippen LogP) is 4.05. The van der Waals surface area contributed by atoms with Crippen LogP contribution in [-0.2, 0) is 20.9 Å². The maximum Gasteiger partial charge on any atom is 0.282 e. The molecule has 7 heteroatoms. The molecular weight excluding hydrogens is 428 g/mol. The number of amides is 3. The van der Waals surface area contributed by atoms with Crippen LogP contribution in [0.15, 0.2) is 90.6 Å². The van der Waals surface area contributed by atoms with E-state index in [0.717, 1.165) is 22.2 Å². The summed E-state index contributed by atoms with van der Waals surface area (Å²) in [6.07, 6.45) is 3.37. The van der Waals surface area contributed by atoms with Gasteiger partial charge in [0.1, 0.15) is 12.1 Å². The van der Waals surface area contributed by atoms with Gasteiger partial charge >= 0.3 is 0 Å². The number of carbonyl (C=O) groups excluding carboxylic acids is 3. The fourth-order valence-corrected chi connectivity index (χ4v) is 4.05. The molecule has 0 aliphatic carbocycles. The topological polar surface area (TPSA) is 83.4 Å². The van der Waals surface area contributed by atoms with E-state index in [1.807, 2.05) is 66.1 Å². The molecule has 3 aromatic carbocycles. The normalized spacial score (nSPS) is 14.6. The van der Waals surface area contributed by atoms with Crippen LogP contribution in [0.3, 0.4) is 0 Å². The van der Waals surface area contributed by atoms with Crippen LogP contribution < -0.4 is 15.8 Å². The Morgan fingerprint density at radius 2 is 1.65 bits per heavy atom. The number of hydrogen-bond acceptors (Lipinski definition) is 3. The van der Waals surface area contributed by atoms with E-state index in [1.54, 1.807) is 36.5 Å². The van der Waals surface area contributed by atoms with Crippen molar-refractivity contribution in [3.8, 4) is 0 Å². The molecule has 34 heavy (non-hydrogen) atoms. The summed E-state index contributed by atoms with van der Waals surface area (Å²) in [5.74, 6) is -1.06. The molecule has 2 N–H and O–H groups in total. The first kappa shape index (κ1) is 21.2. The number of fused-ring (bicyclic) bond motifs is 1. The second-order valence-electron chi connectivity index (χ2n) is 8.07. The van der Waals surface area contributed by atoms with Gasteiger partial charge in [-0.15, -0.1) is 0 Å². The molecule has 1 aliphatic heterocycles. The second-order valence-corrected chi connectivity index (χ2v) is 8.07. The molecule has 4 aromatic rings. The van der Waals surface area contributed by atoms with Crippen LogP contribution in [-0.4, -0.2) is 22.3 Å². The number of rotatable bonds is 5. The predicted molar refractivity (Wildman–Crippen MR) is 132 cm³/mol. The van der Waals surface area contributed by atoms with Gasteiger partial charge in [-0.1, -0.05) is 54.6 Å². The molecule has 3 amide bonds. The number of aromatic nitrogens is 1. The Balaban J connectivity index is 1.45. The van der Waals surface area contributed by atoms with E-state index in [-0.39, 0.29) is 18.0 Å². The molecule has 1 aromatic heterocycles. The van der Waals surface area contributed by atoms with E-state index in [4.69, 9.17) is 0 Å². The zero-order valence-corrected chi connectivity index (χ0v) is 18.5. The van der Waals surface area contributed by atoms with Crippen LogP contribution in [0.1, 0.15) is 11.1 Å². The third-order valence-electron chi connectivity index (χ3n) is 5.76. The zero-order chi connectivity index (χ0) is 23.7. The zero-order valence-electron chi connectivity index (χ0n) is 18.5. The summed E-state index contributed by atoms with van der Waals surface area (Å²) in [6.45, 7) is 2.03. The number of carbonyl (C=O) groups is 3. The third-order valence-corrected chi connectivity index (χ3v) is 5.76. The summed E-state index contributed by atoms with van der Waals surface area (Å²) in [5.41, 5.74) is 6.50. The Morgan fingerprint density at radius 3 is 2.44 bits per heavy atom. The van der Waals surface area contributed by atoms with Gasteiger partial charge in [0.2, 0.25) is 5.91 Å². The van der Waals surface area contributed by atoms with Gasteiger partial charge in [-0.25, -0.2) is 5.01 Å². The quantitative estimate of drug-likeness (QED) is 0.355. The molecule has 5 rings (SSSR count). The van der Waals surface area contributed by atoms with Crippen molar-refractivity contribution in [3.63, 3.8) is 0 Å². The number of benzene rings is 3. The Kier molecular flexibility index (Phi) is 5.43. The Hall–Kier alpha value is -4.65. The maximum atomic E-state index is 13.0. The van der Waals surface area contributed by atoms with Gasteiger partial charge in [0.05, 0.1) is 5.69 Å². The SMILES string of the molecule is Cc1ccccc1NC(=O)Cn1cc(/C=C2/C(=O)NN(c3ccccc3)C2=O)c2ccccc21. The first-order valence-corrected chi connectivity index (χ1v) is 10.9. The first-order chi connectivity index (χ1) is 16.5. The summed E-state index contributed by atoms with van der Waals surface area (Å²) < 4.78 is 1.82. The number of anilines is 2. The number of nitrogens with one attached hydrogen (secondary N) is 2. The molecule has 0 bridgehead atoms. The van der Waals surface area contributed by atoms with Crippen molar-refractivity contribution >= 4 is 46.1 Å². The summed E-state index contributed by atoms with van der Waals surface area (Å²) in [4.78, 5) is 38.4. The molecule has 1 aliphatic rings. The molecule has 1 fully saturated rings. The fraction of sp³-hybridized carbons (Fsp3) is 0.0741. The van der Waals surface area contributed by atoms with E-state index in [1.165, 1.54) is 5.01 Å². The third kappa shape index (κ3) is 3.95. The lowest BCUT2D eigenvalue weighted by Gasteiger charge is -2.13. The Labute approximate surface area is 196 Å². The lowest BCUT2D eigenvalue weighted by Crippen LogP contribution is -2.35. The van der Waals surface area contributed by atoms with Crippen molar-refractivity contribution in [1.29, 1.82) is 0 Å². The average molecular weight is 450 g/mol. The van der Waals surface area contributed by atoms with Gasteiger partial charge in [-0.05, 0) is 42.8 Å². The summed E-state index contributed by atoms with van der Waals surface area (Å²) in [7, 11) is 0. The summed E-state index contributed by atoms with van der Waals surface area (Å²) in [5, 5.41) is 5.03. The van der Waals surface area contributed by atoms with Crippen LogP contribution in [0.5, 0.6) is 0 Å². The fourth-order valence-electron chi connectivity index (χ4n) is 4.05. The Morgan fingerprint density at radius 1 is 0.941 bits per heavy atom. The van der Waals surface area contributed by atoms with Gasteiger partial charge in [-0.3, -0.25) is 19.8 Å². The molecule has 168 valence electrons. The monoisotopic (exact) mass is 450 g/mol. The van der Waals surface area contributed by atoms with Crippen molar-refractivity contribution in [2.24, 2.45) is 0 Å². The van der Waals surface area contributed by atoms with Gasteiger partial charge in [0.15, 0.2) is 0 Å². The molecule has 0 unspecified atom stereocenters. The summed E-state index contributed by atoms with van der Waals surface area (Å²) in [6, 6.07) is 24.1. The van der Waals surface area contributed by atoms with Crippen LogP contribution in [0.4, 0.5) is 11.4 Å². The maximum absolute atomic E-state index is 13.0. The highest BCUT2D eigenvalue weighted by Crippen LogP contribution is 2.27. The highest BCUT2D eigenvalue weighted by molar-refractivity contribution is 6.32. The van der Waals surface area contributed by atoms with Crippen molar-refractivity contribution in [2.75, 3.05) is 10.3 Å². The largest absolute Gasteiger partial charge is 0.337 e. The Bertz CT molecular complexity index is 1450. The van der Waals surface area contributed by atoms with Gasteiger partial charge in [-0.2, -0.15) is 0 Å². The van der Waals surface area contributed by atoms with Crippen LogP contribution in [0, 0.1) is 6.92 Å². The van der Waals surface area contributed by atoms with E-state index in [2.05, 4.69) is 10.7 Å². The van der Waals surface area contributed by atoms with Crippen molar-refractivity contribution in [3.05, 3.63) is 102 Å². The van der Waals surface area contributed by atoms with E-state index < -0.39 is 11.8 Å².